The zero-order valence-corrected chi connectivity index (χ0v) is 37.5. The van der Waals surface area contributed by atoms with Gasteiger partial charge in [-0.05, 0) is 102 Å². The lowest BCUT2D eigenvalue weighted by atomic mass is 9.97. The molecule has 0 fully saturated rings. The quantitative estimate of drug-likeness (QED) is 0.0418. The SMILES string of the molecule is CCCc1nc(C(=O)OCC)c(C(Cc2ccc(-c3ccccc3-c3nn[nH]n3)cc2)Sc2ccc3nc(C(C)Oc4ccc(CC(OCc5cccc(Cl)c5)C(=O)O)cc4)[nH]c3c2)[nH]1. The molecule has 0 radical (unpaired) electrons. The molecule has 332 valence electrons. The van der Waals surface area contributed by atoms with Crippen molar-refractivity contribution in [2.24, 2.45) is 0 Å². The Hall–Kier alpha value is -6.81. The Bertz CT molecular complexity index is 2870. The number of aryl methyl sites for hydroxylation is 1. The maximum Gasteiger partial charge on any atom is 0.358 e. The van der Waals surface area contributed by atoms with Gasteiger partial charge in [0.25, 0.3) is 0 Å². The van der Waals surface area contributed by atoms with Gasteiger partial charge >= 0.3 is 11.9 Å². The molecule has 3 heterocycles. The largest absolute Gasteiger partial charge is 0.483 e. The van der Waals surface area contributed by atoms with Crippen molar-refractivity contribution >= 4 is 46.3 Å². The maximum atomic E-state index is 13.4. The fourth-order valence-corrected chi connectivity index (χ4v) is 8.92. The van der Waals surface area contributed by atoms with Crippen LogP contribution in [-0.4, -0.2) is 70.3 Å². The van der Waals surface area contributed by atoms with Crippen molar-refractivity contribution in [3.8, 4) is 28.3 Å². The summed E-state index contributed by atoms with van der Waals surface area (Å²) in [5, 5.41) is 24.8. The average Bonchev–Trinajstić information content (AvgIpc) is 4.10. The van der Waals surface area contributed by atoms with E-state index in [1.807, 2.05) is 73.7 Å². The molecule has 0 aliphatic heterocycles. The Labute approximate surface area is 384 Å². The monoisotopic (exact) mass is 910 g/mol. The number of carbonyl (C=O) groups excluding carboxylic acids is 1. The molecule has 14 nitrogen and oxygen atoms in total. The Kier molecular flexibility index (Phi) is 14.3. The predicted octanol–water partition coefficient (Wildman–Crippen LogP) is 10.3. The molecule has 5 aromatic carbocycles. The molecule has 0 saturated carbocycles. The summed E-state index contributed by atoms with van der Waals surface area (Å²) >= 11 is 7.70. The molecular formula is C49H47ClN8O6S. The number of aliphatic carboxylic acids is 1. The molecule has 16 heteroatoms. The number of tetrazole rings is 1. The van der Waals surface area contributed by atoms with Gasteiger partial charge in [0.1, 0.15) is 17.4 Å². The van der Waals surface area contributed by atoms with Gasteiger partial charge in [-0.2, -0.15) is 5.21 Å². The molecule has 0 bridgehead atoms. The number of rotatable bonds is 20. The first-order valence-electron chi connectivity index (χ1n) is 21.3. The second-order valence-corrected chi connectivity index (χ2v) is 17.1. The van der Waals surface area contributed by atoms with Gasteiger partial charge in [-0.15, -0.1) is 22.0 Å². The molecule has 3 aromatic heterocycles. The second kappa shape index (κ2) is 20.8. The van der Waals surface area contributed by atoms with Gasteiger partial charge in [-0.1, -0.05) is 91.3 Å². The van der Waals surface area contributed by atoms with E-state index in [0.717, 1.165) is 61.6 Å². The number of fused-ring (bicyclic) bond motifs is 1. The summed E-state index contributed by atoms with van der Waals surface area (Å²) in [7, 11) is 0. The predicted molar refractivity (Wildman–Crippen MR) is 249 cm³/mol. The highest BCUT2D eigenvalue weighted by molar-refractivity contribution is 7.99. The first-order valence-corrected chi connectivity index (χ1v) is 22.6. The molecule has 8 aromatic rings. The number of esters is 1. The minimum atomic E-state index is -1.04. The number of thioether (sulfide) groups is 1. The molecule has 4 N–H and O–H groups in total. The summed E-state index contributed by atoms with van der Waals surface area (Å²) in [4.78, 5) is 42.9. The van der Waals surface area contributed by atoms with Crippen LogP contribution in [0.2, 0.25) is 5.02 Å². The zero-order chi connectivity index (χ0) is 45.3. The smallest absolute Gasteiger partial charge is 0.358 e. The standard InChI is InChI=1S/C49H47ClN8O6S/c1-4-9-43-53-44(45(54-43)49(61)62-5-2)42(26-31-14-18-33(19-15-31)37-12-6-7-13-38(37)47-55-57-58-56-47)65-36-22-23-39-40(27-36)52-46(51-39)29(3)64-35-20-16-30(17-21-35)25-41(48(59)60)63-28-32-10-8-11-34(50)24-32/h6-8,10-24,27,29,41-42H,4-5,9,25-26,28H2,1-3H3,(H,51,52)(H,53,54)(H,59,60)(H,55,56,57,58). The molecule has 0 amide bonds. The summed E-state index contributed by atoms with van der Waals surface area (Å²) in [6.45, 7) is 6.15. The van der Waals surface area contributed by atoms with Crippen LogP contribution >= 0.6 is 23.4 Å². The highest BCUT2D eigenvalue weighted by Gasteiger charge is 2.27. The fraction of sp³-hybridized carbons (Fsp3) is 0.245. The molecule has 3 unspecified atom stereocenters. The normalized spacial score (nSPS) is 12.8. The Morgan fingerprint density at radius 2 is 1.60 bits per heavy atom. The van der Waals surface area contributed by atoms with E-state index >= 15 is 0 Å². The number of halogens is 1. The number of nitrogens with zero attached hydrogens (tertiary/aromatic N) is 5. The van der Waals surface area contributed by atoms with Crippen LogP contribution < -0.4 is 4.74 Å². The number of imidazole rings is 2. The number of carboxylic acid groups (broad SMARTS) is 1. The van der Waals surface area contributed by atoms with E-state index in [2.05, 4.69) is 67.8 Å². The molecule has 0 aliphatic carbocycles. The van der Waals surface area contributed by atoms with E-state index in [9.17, 15) is 14.7 Å². The van der Waals surface area contributed by atoms with Crippen molar-refractivity contribution in [2.45, 2.75) is 75.4 Å². The van der Waals surface area contributed by atoms with Gasteiger partial charge < -0.3 is 29.3 Å². The topological polar surface area (TPSA) is 194 Å². The van der Waals surface area contributed by atoms with Crippen molar-refractivity contribution in [3.05, 3.63) is 160 Å². The first-order chi connectivity index (χ1) is 31.6. The summed E-state index contributed by atoms with van der Waals surface area (Å²) in [6.07, 6.45) is 0.864. The van der Waals surface area contributed by atoms with E-state index in [-0.39, 0.29) is 24.9 Å². The van der Waals surface area contributed by atoms with Gasteiger partial charge in [-0.3, -0.25) is 0 Å². The van der Waals surface area contributed by atoms with E-state index in [0.29, 0.717) is 46.7 Å². The molecule has 0 aliphatic rings. The van der Waals surface area contributed by atoms with Crippen molar-refractivity contribution in [1.82, 2.24) is 40.6 Å². The van der Waals surface area contributed by atoms with E-state index in [4.69, 9.17) is 35.8 Å². The van der Waals surface area contributed by atoms with E-state index in [1.165, 1.54) is 0 Å². The number of carboxylic acids is 1. The molecule has 8 rings (SSSR count). The summed E-state index contributed by atoms with van der Waals surface area (Å²) in [6, 6.07) is 36.8. The van der Waals surface area contributed by atoms with Crippen LogP contribution in [0.15, 0.2) is 120 Å². The summed E-state index contributed by atoms with van der Waals surface area (Å²) in [5.74, 6) is 1.01. The second-order valence-electron chi connectivity index (χ2n) is 15.4. The van der Waals surface area contributed by atoms with Gasteiger partial charge in [0, 0.05) is 28.3 Å². The van der Waals surface area contributed by atoms with Crippen LogP contribution in [0.5, 0.6) is 5.75 Å². The average molecular weight is 911 g/mol. The lowest BCUT2D eigenvalue weighted by molar-refractivity contribution is -0.151. The number of nitrogens with one attached hydrogen (secondary N) is 3. The Balaban J connectivity index is 0.991. The third kappa shape index (κ3) is 11.1. The number of aromatic amines is 3. The lowest BCUT2D eigenvalue weighted by Crippen LogP contribution is -2.26. The highest BCUT2D eigenvalue weighted by Crippen LogP contribution is 2.41. The van der Waals surface area contributed by atoms with Gasteiger partial charge in [0.2, 0.25) is 5.82 Å². The van der Waals surface area contributed by atoms with Crippen LogP contribution in [0.25, 0.3) is 33.5 Å². The van der Waals surface area contributed by atoms with Crippen molar-refractivity contribution in [1.29, 1.82) is 0 Å². The Morgan fingerprint density at radius 3 is 2.32 bits per heavy atom. The van der Waals surface area contributed by atoms with E-state index in [1.54, 1.807) is 36.9 Å². The van der Waals surface area contributed by atoms with Crippen molar-refractivity contribution < 1.29 is 28.9 Å². The number of hydrogen-bond donors (Lipinski definition) is 4. The molecule has 0 spiro atoms. The van der Waals surface area contributed by atoms with E-state index < -0.39 is 24.1 Å². The number of hydrogen-bond acceptors (Lipinski definition) is 11. The highest BCUT2D eigenvalue weighted by atomic mass is 35.5. The van der Waals surface area contributed by atoms with Gasteiger partial charge in [0.15, 0.2) is 17.9 Å². The number of benzene rings is 5. The first kappa shape index (κ1) is 44.8. The molecular weight excluding hydrogens is 864 g/mol. The van der Waals surface area contributed by atoms with Crippen LogP contribution in [0.3, 0.4) is 0 Å². The van der Waals surface area contributed by atoms with Crippen molar-refractivity contribution in [3.63, 3.8) is 0 Å². The maximum absolute atomic E-state index is 13.4. The fourth-order valence-electron chi connectivity index (χ4n) is 7.48. The molecule has 3 atom stereocenters. The van der Waals surface area contributed by atoms with Gasteiger partial charge in [0.05, 0.1) is 35.2 Å². The minimum Gasteiger partial charge on any atom is -0.483 e. The van der Waals surface area contributed by atoms with Crippen LogP contribution in [0, 0.1) is 0 Å². The summed E-state index contributed by atoms with van der Waals surface area (Å²) < 4.78 is 17.5. The number of carbonyl (C=O) groups is 2. The van der Waals surface area contributed by atoms with Gasteiger partial charge in [-0.25, -0.2) is 19.6 Å². The minimum absolute atomic E-state index is 0.130. The van der Waals surface area contributed by atoms with Crippen LogP contribution in [-0.2, 0) is 40.1 Å². The number of H-pyrrole nitrogens is 3. The van der Waals surface area contributed by atoms with Crippen LogP contribution in [0.4, 0.5) is 0 Å². The molecule has 0 saturated heterocycles. The Morgan fingerprint density at radius 1 is 0.831 bits per heavy atom. The molecule has 65 heavy (non-hydrogen) atoms. The van der Waals surface area contributed by atoms with Crippen molar-refractivity contribution in [2.75, 3.05) is 6.61 Å². The van der Waals surface area contributed by atoms with Crippen LogP contribution in [0.1, 0.15) is 83.1 Å². The summed E-state index contributed by atoms with van der Waals surface area (Å²) in [5.41, 5.74) is 8.14. The zero-order valence-electron chi connectivity index (χ0n) is 36.0. The number of aromatic nitrogens is 8. The third-order valence-corrected chi connectivity index (χ3v) is 12.1. The third-order valence-electron chi connectivity index (χ3n) is 10.7. The lowest BCUT2D eigenvalue weighted by Gasteiger charge is -2.17. The number of ether oxygens (including phenoxy) is 3.